The van der Waals surface area contributed by atoms with E-state index in [1.807, 2.05) is 17.5 Å². The summed E-state index contributed by atoms with van der Waals surface area (Å²) in [5.41, 5.74) is 0. The van der Waals surface area contributed by atoms with Gasteiger partial charge in [-0.2, -0.15) is 4.98 Å². The molecule has 0 saturated heterocycles. The molecule has 2 aromatic heterocycles. The quantitative estimate of drug-likeness (QED) is 0.639. The summed E-state index contributed by atoms with van der Waals surface area (Å²) >= 11 is 1.58. The highest BCUT2D eigenvalue weighted by molar-refractivity contribution is 7.16. The van der Waals surface area contributed by atoms with Crippen LogP contribution in [0.15, 0.2) is 24.1 Å². The molecule has 0 spiro atoms. The minimum absolute atomic E-state index is 0.587. The van der Waals surface area contributed by atoms with Crippen molar-refractivity contribution >= 4 is 27.5 Å². The lowest BCUT2D eigenvalue weighted by molar-refractivity contribution is 0.317. The molecule has 84 valence electrons. The largest absolute Gasteiger partial charge is 0.477 e. The van der Waals surface area contributed by atoms with E-state index >= 15 is 0 Å². The summed E-state index contributed by atoms with van der Waals surface area (Å²) in [4.78, 5) is 9.57. The Hall–Kier alpha value is -1.62. The molecule has 16 heavy (non-hydrogen) atoms. The van der Waals surface area contributed by atoms with E-state index in [4.69, 9.17) is 4.74 Å². The van der Waals surface area contributed by atoms with Crippen molar-refractivity contribution in [2.45, 2.75) is 6.42 Å². The minimum atomic E-state index is 0.587. The third-order valence-corrected chi connectivity index (χ3v) is 2.88. The zero-order chi connectivity index (χ0) is 11.4. The van der Waals surface area contributed by atoms with Crippen molar-refractivity contribution in [1.29, 1.82) is 0 Å². The summed E-state index contributed by atoms with van der Waals surface area (Å²) in [6.45, 7) is 4.25. The molecule has 0 amide bonds. The van der Waals surface area contributed by atoms with Gasteiger partial charge in [-0.3, -0.25) is 0 Å². The van der Waals surface area contributed by atoms with Crippen LogP contribution in [0.4, 0.5) is 5.95 Å². The zero-order valence-electron chi connectivity index (χ0n) is 9.06. The van der Waals surface area contributed by atoms with Crippen molar-refractivity contribution in [3.63, 3.8) is 0 Å². The molecule has 4 nitrogen and oxygen atoms in total. The molecule has 2 rings (SSSR count). The second-order valence-electron chi connectivity index (χ2n) is 3.17. The first-order valence-electron chi connectivity index (χ1n) is 5.02. The molecule has 1 N–H and O–H groups in total. The third-order valence-electron chi connectivity index (χ3n) is 2.07. The Kier molecular flexibility index (Phi) is 3.36. The van der Waals surface area contributed by atoms with Gasteiger partial charge in [-0.1, -0.05) is 6.08 Å². The van der Waals surface area contributed by atoms with Crippen molar-refractivity contribution in [2.24, 2.45) is 0 Å². The van der Waals surface area contributed by atoms with Gasteiger partial charge in [-0.05, 0) is 17.9 Å². The number of anilines is 1. The van der Waals surface area contributed by atoms with Crippen LogP contribution in [0, 0.1) is 0 Å². The molecular weight excluding hydrogens is 222 g/mol. The average Bonchev–Trinajstić information content (AvgIpc) is 2.77. The number of fused-ring (bicyclic) bond motifs is 1. The number of aromatic nitrogens is 2. The van der Waals surface area contributed by atoms with Crippen molar-refractivity contribution in [3.05, 3.63) is 24.1 Å². The third kappa shape index (κ3) is 2.14. The summed E-state index contributed by atoms with van der Waals surface area (Å²) in [5, 5.41) is 5.88. The number of nitrogens with zero attached hydrogens (tertiary/aromatic N) is 2. The zero-order valence-corrected chi connectivity index (χ0v) is 9.88. The van der Waals surface area contributed by atoms with Gasteiger partial charge < -0.3 is 10.1 Å². The van der Waals surface area contributed by atoms with Gasteiger partial charge in [0.25, 0.3) is 0 Å². The molecule has 0 radical (unpaired) electrons. The maximum Gasteiger partial charge on any atom is 0.227 e. The molecule has 0 aliphatic rings. The lowest BCUT2D eigenvalue weighted by Gasteiger charge is -2.06. The highest BCUT2D eigenvalue weighted by Crippen LogP contribution is 2.27. The monoisotopic (exact) mass is 235 g/mol. The molecule has 0 aliphatic heterocycles. The predicted molar refractivity (Wildman–Crippen MR) is 67.3 cm³/mol. The highest BCUT2D eigenvalue weighted by Gasteiger charge is 2.08. The van der Waals surface area contributed by atoms with Crippen LogP contribution in [0.25, 0.3) is 10.2 Å². The molecule has 0 aliphatic carbocycles. The molecule has 0 fully saturated rings. The number of hydrogen-bond donors (Lipinski definition) is 1. The minimum Gasteiger partial charge on any atom is -0.477 e. The van der Waals surface area contributed by atoms with Gasteiger partial charge in [0, 0.05) is 7.05 Å². The van der Waals surface area contributed by atoms with Gasteiger partial charge in [0.1, 0.15) is 4.83 Å². The van der Waals surface area contributed by atoms with E-state index in [-0.39, 0.29) is 0 Å². The molecule has 0 unspecified atom stereocenters. The first kappa shape index (κ1) is 10.9. The Labute approximate surface area is 98.0 Å². The fraction of sp³-hybridized carbons (Fsp3) is 0.273. The number of thiophene rings is 1. The average molecular weight is 235 g/mol. The van der Waals surface area contributed by atoms with Crippen LogP contribution in [0.2, 0.25) is 0 Å². The van der Waals surface area contributed by atoms with E-state index in [1.165, 1.54) is 0 Å². The number of nitrogens with one attached hydrogen (secondary N) is 1. The fourth-order valence-electron chi connectivity index (χ4n) is 1.29. The smallest absolute Gasteiger partial charge is 0.227 e. The van der Waals surface area contributed by atoms with Crippen molar-refractivity contribution < 1.29 is 4.74 Å². The van der Waals surface area contributed by atoms with Gasteiger partial charge >= 0.3 is 0 Å². The Morgan fingerprint density at radius 2 is 2.44 bits per heavy atom. The van der Waals surface area contributed by atoms with Crippen LogP contribution >= 0.6 is 11.3 Å². The summed E-state index contributed by atoms with van der Waals surface area (Å²) < 4.78 is 5.60. The lowest BCUT2D eigenvalue weighted by Crippen LogP contribution is -2.02. The van der Waals surface area contributed by atoms with Crippen molar-refractivity contribution in [2.75, 3.05) is 19.0 Å². The van der Waals surface area contributed by atoms with Gasteiger partial charge in [-0.25, -0.2) is 4.98 Å². The molecule has 2 aromatic rings. The first-order chi connectivity index (χ1) is 7.85. The summed E-state index contributed by atoms with van der Waals surface area (Å²) in [6.07, 6.45) is 2.63. The number of hydrogen-bond acceptors (Lipinski definition) is 5. The Morgan fingerprint density at radius 3 is 3.19 bits per heavy atom. The second kappa shape index (κ2) is 4.94. The number of rotatable bonds is 5. The SMILES string of the molecule is C=CCCOc1nc(NC)nc2sccc12. The van der Waals surface area contributed by atoms with Crippen LogP contribution in [-0.4, -0.2) is 23.6 Å². The van der Waals surface area contributed by atoms with E-state index in [0.717, 1.165) is 16.6 Å². The maximum absolute atomic E-state index is 5.60. The van der Waals surface area contributed by atoms with Gasteiger partial charge in [0.05, 0.1) is 12.0 Å². The van der Waals surface area contributed by atoms with Crippen LogP contribution in [-0.2, 0) is 0 Å². The fourth-order valence-corrected chi connectivity index (χ4v) is 2.04. The Balaban J connectivity index is 2.32. The predicted octanol–water partition coefficient (Wildman–Crippen LogP) is 2.69. The number of ether oxygens (including phenoxy) is 1. The van der Waals surface area contributed by atoms with Crippen LogP contribution < -0.4 is 10.1 Å². The lowest BCUT2D eigenvalue weighted by atomic mass is 10.4. The topological polar surface area (TPSA) is 47.0 Å². The van der Waals surface area contributed by atoms with E-state index in [0.29, 0.717) is 18.4 Å². The van der Waals surface area contributed by atoms with E-state index < -0.39 is 0 Å². The normalized spacial score (nSPS) is 10.3. The van der Waals surface area contributed by atoms with Crippen LogP contribution in [0.5, 0.6) is 5.88 Å². The molecule has 5 heteroatoms. The summed E-state index contributed by atoms with van der Waals surface area (Å²) in [6, 6.07) is 1.97. The maximum atomic E-state index is 5.60. The molecule has 2 heterocycles. The van der Waals surface area contributed by atoms with Crippen LogP contribution in [0.3, 0.4) is 0 Å². The van der Waals surface area contributed by atoms with Gasteiger partial charge in [-0.15, -0.1) is 17.9 Å². The Morgan fingerprint density at radius 1 is 1.56 bits per heavy atom. The van der Waals surface area contributed by atoms with E-state index in [9.17, 15) is 0 Å². The van der Waals surface area contributed by atoms with Gasteiger partial charge in [0.15, 0.2) is 0 Å². The highest BCUT2D eigenvalue weighted by atomic mass is 32.1. The summed E-state index contributed by atoms with van der Waals surface area (Å²) in [5.74, 6) is 1.22. The Bertz CT molecular complexity index is 495. The van der Waals surface area contributed by atoms with Gasteiger partial charge in [0.2, 0.25) is 11.8 Å². The van der Waals surface area contributed by atoms with Crippen molar-refractivity contribution in [3.8, 4) is 5.88 Å². The summed E-state index contributed by atoms with van der Waals surface area (Å²) in [7, 11) is 1.79. The standard InChI is InChI=1S/C11H13N3OS/c1-3-4-6-15-9-8-5-7-16-10(8)14-11(12-2)13-9/h3,5,7H,1,4,6H2,2H3,(H,12,13,14). The van der Waals surface area contributed by atoms with Crippen LogP contribution in [0.1, 0.15) is 6.42 Å². The molecule has 0 atom stereocenters. The second-order valence-corrected chi connectivity index (χ2v) is 4.06. The van der Waals surface area contributed by atoms with E-state index in [1.54, 1.807) is 18.4 Å². The molecule has 0 aromatic carbocycles. The van der Waals surface area contributed by atoms with Crippen molar-refractivity contribution in [1.82, 2.24) is 9.97 Å². The van der Waals surface area contributed by atoms with E-state index in [2.05, 4.69) is 21.9 Å². The molecule has 0 bridgehead atoms. The molecular formula is C11H13N3OS. The molecule has 0 saturated carbocycles. The first-order valence-corrected chi connectivity index (χ1v) is 5.90.